The number of hydrogen-bond acceptors (Lipinski definition) is 3. The maximum absolute atomic E-state index is 11.1. The van der Waals surface area contributed by atoms with Crippen LogP contribution >= 0.6 is 15.9 Å². The molecule has 0 radical (unpaired) electrons. The monoisotopic (exact) mass is 310 g/mol. The fraction of sp³-hybridized carbons (Fsp3) is 0.364. The number of nitrogens with zero attached hydrogens (tertiary/aromatic N) is 3. The zero-order chi connectivity index (χ0) is 12.7. The van der Waals surface area contributed by atoms with Gasteiger partial charge in [0.05, 0.1) is 11.6 Å². The number of nitrogens with one attached hydrogen (secondary N) is 1. The number of carbonyl (C=O) groups is 1. The largest absolute Gasteiger partial charge is 0.465 e. The Balaban J connectivity index is 2.01. The molecule has 0 aliphatic carbocycles. The first-order chi connectivity index (χ1) is 8.65. The Morgan fingerprint density at radius 2 is 2.33 bits per heavy atom. The highest BCUT2D eigenvalue weighted by Crippen LogP contribution is 2.31. The van der Waals surface area contributed by atoms with Gasteiger partial charge in [-0.25, -0.2) is 14.8 Å². The number of rotatable bonds is 1. The summed E-state index contributed by atoms with van der Waals surface area (Å²) >= 11 is 3.29. The number of fused-ring (bicyclic) bond motifs is 1. The third-order valence-electron chi connectivity index (χ3n) is 3.14. The van der Waals surface area contributed by atoms with Crippen molar-refractivity contribution in [1.29, 1.82) is 0 Å². The summed E-state index contributed by atoms with van der Waals surface area (Å²) in [5, 5.41) is 9.13. The first-order valence-corrected chi connectivity index (χ1v) is 6.46. The Labute approximate surface area is 111 Å². The maximum Gasteiger partial charge on any atom is 0.407 e. The number of pyridine rings is 1. The highest BCUT2D eigenvalue weighted by molar-refractivity contribution is 9.10. The minimum Gasteiger partial charge on any atom is -0.465 e. The normalized spacial score (nSPS) is 19.6. The zero-order valence-electron chi connectivity index (χ0n) is 9.43. The quantitative estimate of drug-likeness (QED) is 0.793. The van der Waals surface area contributed by atoms with Gasteiger partial charge in [0.15, 0.2) is 5.65 Å². The summed E-state index contributed by atoms with van der Waals surface area (Å²) < 4.78 is 0.717. The maximum atomic E-state index is 11.1. The van der Waals surface area contributed by atoms with Gasteiger partial charge < -0.3 is 10.1 Å². The van der Waals surface area contributed by atoms with E-state index in [1.807, 2.05) is 12.1 Å². The molecular formula is C11H11BrN4O2. The summed E-state index contributed by atoms with van der Waals surface area (Å²) in [4.78, 5) is 24.3. The minimum absolute atomic E-state index is 0.185. The van der Waals surface area contributed by atoms with E-state index in [1.165, 1.54) is 4.90 Å². The molecule has 3 rings (SSSR count). The Morgan fingerprint density at radius 3 is 3.11 bits per heavy atom. The standard InChI is InChI=1S/C11H11BrN4O2/c12-8-4-3-6-9(14-8)15-10(13-6)7-2-1-5-16(7)11(17)18/h3-4,7H,1-2,5H2,(H,17,18)(H,13,14,15). The van der Waals surface area contributed by atoms with E-state index in [4.69, 9.17) is 5.11 Å². The van der Waals surface area contributed by atoms with Crippen LogP contribution in [0.1, 0.15) is 24.7 Å². The van der Waals surface area contributed by atoms with Crippen molar-refractivity contribution < 1.29 is 9.90 Å². The molecule has 2 N–H and O–H groups in total. The van der Waals surface area contributed by atoms with Gasteiger partial charge in [0, 0.05) is 6.54 Å². The molecule has 0 saturated carbocycles. The Kier molecular flexibility index (Phi) is 2.70. The van der Waals surface area contributed by atoms with Crippen molar-refractivity contribution >= 4 is 33.2 Å². The number of amides is 1. The van der Waals surface area contributed by atoms with Gasteiger partial charge in [0.1, 0.15) is 10.4 Å². The topological polar surface area (TPSA) is 82.1 Å². The molecule has 1 saturated heterocycles. The van der Waals surface area contributed by atoms with Gasteiger partial charge in [-0.15, -0.1) is 0 Å². The number of halogens is 1. The lowest BCUT2D eigenvalue weighted by Crippen LogP contribution is -2.29. The first-order valence-electron chi connectivity index (χ1n) is 5.67. The average Bonchev–Trinajstić information content (AvgIpc) is 2.93. The molecule has 2 aromatic heterocycles. The summed E-state index contributed by atoms with van der Waals surface area (Å²) in [7, 11) is 0. The van der Waals surface area contributed by atoms with Crippen LogP contribution in [0.4, 0.5) is 4.79 Å². The average molecular weight is 311 g/mol. The summed E-state index contributed by atoms with van der Waals surface area (Å²) in [5.41, 5.74) is 1.43. The Bertz CT molecular complexity index is 612. The highest BCUT2D eigenvalue weighted by atomic mass is 79.9. The second-order valence-corrected chi connectivity index (χ2v) is 5.07. The summed E-state index contributed by atoms with van der Waals surface area (Å²) in [6, 6.07) is 3.52. The number of aromatic amines is 1. The van der Waals surface area contributed by atoms with Crippen molar-refractivity contribution in [3.05, 3.63) is 22.6 Å². The van der Waals surface area contributed by atoms with Crippen molar-refractivity contribution in [3.63, 3.8) is 0 Å². The molecule has 1 fully saturated rings. The lowest BCUT2D eigenvalue weighted by molar-refractivity contribution is 0.139. The smallest absolute Gasteiger partial charge is 0.407 e. The summed E-state index contributed by atoms with van der Waals surface area (Å²) in [6.45, 7) is 0.564. The lowest BCUT2D eigenvalue weighted by Gasteiger charge is -2.18. The number of imidazole rings is 1. The van der Waals surface area contributed by atoms with Crippen molar-refractivity contribution in [2.75, 3.05) is 6.54 Å². The zero-order valence-corrected chi connectivity index (χ0v) is 11.0. The molecule has 18 heavy (non-hydrogen) atoms. The molecule has 1 aliphatic rings. The summed E-state index contributed by atoms with van der Waals surface area (Å²) in [6.07, 6.45) is 0.769. The van der Waals surface area contributed by atoms with E-state index < -0.39 is 6.09 Å². The van der Waals surface area contributed by atoms with E-state index in [2.05, 4.69) is 30.9 Å². The van der Waals surface area contributed by atoms with Gasteiger partial charge in [0.2, 0.25) is 0 Å². The van der Waals surface area contributed by atoms with Crippen molar-refractivity contribution in [2.24, 2.45) is 0 Å². The molecule has 1 aliphatic heterocycles. The second-order valence-electron chi connectivity index (χ2n) is 4.26. The minimum atomic E-state index is -0.896. The molecule has 94 valence electrons. The summed E-state index contributed by atoms with van der Waals surface area (Å²) in [5.74, 6) is 0.676. The van der Waals surface area contributed by atoms with Crippen LogP contribution in [0.25, 0.3) is 11.2 Å². The van der Waals surface area contributed by atoms with E-state index in [9.17, 15) is 4.79 Å². The van der Waals surface area contributed by atoms with Crippen LogP contribution in [-0.2, 0) is 0 Å². The molecule has 3 heterocycles. The van der Waals surface area contributed by atoms with Crippen LogP contribution in [0.5, 0.6) is 0 Å². The van der Waals surface area contributed by atoms with Crippen LogP contribution in [0.15, 0.2) is 16.7 Å². The van der Waals surface area contributed by atoms with E-state index in [-0.39, 0.29) is 6.04 Å². The van der Waals surface area contributed by atoms with E-state index in [0.717, 1.165) is 23.0 Å². The van der Waals surface area contributed by atoms with E-state index in [0.29, 0.717) is 18.0 Å². The third-order valence-corrected chi connectivity index (χ3v) is 3.59. The number of carboxylic acid groups (broad SMARTS) is 1. The molecule has 2 aromatic rings. The number of H-pyrrole nitrogens is 1. The van der Waals surface area contributed by atoms with Crippen LogP contribution in [-0.4, -0.2) is 37.6 Å². The number of likely N-dealkylation sites (tertiary alicyclic amines) is 1. The molecule has 7 heteroatoms. The molecule has 1 amide bonds. The predicted octanol–water partition coefficient (Wildman–Crippen LogP) is 2.54. The molecule has 0 spiro atoms. The van der Waals surface area contributed by atoms with Gasteiger partial charge in [-0.3, -0.25) is 4.90 Å². The van der Waals surface area contributed by atoms with E-state index in [1.54, 1.807) is 0 Å². The van der Waals surface area contributed by atoms with Crippen LogP contribution < -0.4 is 0 Å². The molecule has 1 atom stereocenters. The first kappa shape index (κ1) is 11.5. The molecule has 0 bridgehead atoms. The van der Waals surface area contributed by atoms with Crippen LogP contribution in [0.2, 0.25) is 0 Å². The van der Waals surface area contributed by atoms with Gasteiger partial charge in [-0.2, -0.15) is 0 Å². The van der Waals surface area contributed by atoms with Crippen LogP contribution in [0.3, 0.4) is 0 Å². The van der Waals surface area contributed by atoms with Gasteiger partial charge >= 0.3 is 6.09 Å². The second kappa shape index (κ2) is 4.24. The molecular weight excluding hydrogens is 300 g/mol. The van der Waals surface area contributed by atoms with Gasteiger partial charge in [-0.05, 0) is 40.9 Å². The molecule has 0 aromatic carbocycles. The molecule has 1 unspecified atom stereocenters. The number of aromatic nitrogens is 3. The highest BCUT2D eigenvalue weighted by Gasteiger charge is 2.32. The lowest BCUT2D eigenvalue weighted by atomic mass is 10.2. The third kappa shape index (κ3) is 1.84. The SMILES string of the molecule is O=C(O)N1CCCC1c1nc2nc(Br)ccc2[nH]1. The Hall–Kier alpha value is -1.63. The fourth-order valence-electron chi connectivity index (χ4n) is 2.33. The Morgan fingerprint density at radius 1 is 1.50 bits per heavy atom. The molecule has 6 nitrogen and oxygen atoms in total. The van der Waals surface area contributed by atoms with Gasteiger partial charge in [0.25, 0.3) is 0 Å². The number of hydrogen-bond donors (Lipinski definition) is 2. The predicted molar refractivity (Wildman–Crippen MR) is 68.3 cm³/mol. The van der Waals surface area contributed by atoms with Crippen LogP contribution in [0, 0.1) is 0 Å². The van der Waals surface area contributed by atoms with Crippen molar-refractivity contribution in [1.82, 2.24) is 19.9 Å². The van der Waals surface area contributed by atoms with Crippen molar-refractivity contribution in [3.8, 4) is 0 Å². The van der Waals surface area contributed by atoms with Gasteiger partial charge in [-0.1, -0.05) is 0 Å². The fourth-order valence-corrected chi connectivity index (χ4v) is 2.63. The van der Waals surface area contributed by atoms with E-state index >= 15 is 0 Å². The van der Waals surface area contributed by atoms with Crippen molar-refractivity contribution in [2.45, 2.75) is 18.9 Å².